The predicted octanol–water partition coefficient (Wildman–Crippen LogP) is -12.2. The van der Waals surface area contributed by atoms with E-state index < -0.39 is 5.97 Å². The van der Waals surface area contributed by atoms with Gasteiger partial charge in [-0.3, -0.25) is 0 Å². The van der Waals surface area contributed by atoms with Crippen LogP contribution in [0, 0.1) is 13.8 Å². The van der Waals surface area contributed by atoms with E-state index in [1.54, 1.807) is 12.1 Å². The number of carbonyl (C=O) groups is 1. The zero-order chi connectivity index (χ0) is 13.6. The van der Waals surface area contributed by atoms with Crippen LogP contribution >= 0.6 is 11.3 Å². The third-order valence-corrected chi connectivity index (χ3v) is 4.36. The van der Waals surface area contributed by atoms with Crippen LogP contribution in [0.25, 0.3) is 20.4 Å². The number of hydrogen-bond acceptors (Lipinski definition) is 3. The van der Waals surface area contributed by atoms with E-state index >= 15 is 0 Å². The van der Waals surface area contributed by atoms with E-state index in [2.05, 4.69) is 4.98 Å². The molecular formula is C15H21I4NO3S+4. The molecule has 0 amide bonds. The molecule has 0 saturated carbocycles. The van der Waals surface area contributed by atoms with Crippen LogP contribution in [0.3, 0.4) is 0 Å². The Bertz CT molecular complexity index is 846. The van der Waals surface area contributed by atoms with E-state index in [1.807, 2.05) is 32.0 Å². The van der Waals surface area contributed by atoms with Crippen molar-refractivity contribution in [1.29, 1.82) is 0 Å². The summed E-state index contributed by atoms with van der Waals surface area (Å²) in [7, 11) is 0. The van der Waals surface area contributed by atoms with Crippen molar-refractivity contribution in [3.63, 3.8) is 0 Å². The van der Waals surface area contributed by atoms with Crippen molar-refractivity contribution in [3.8, 4) is 0 Å². The summed E-state index contributed by atoms with van der Waals surface area (Å²) in [4.78, 5) is 15.8. The average molecular weight is 803 g/mol. The van der Waals surface area contributed by atoms with Crippen molar-refractivity contribution in [1.82, 2.24) is 4.98 Å². The number of rotatable bonds is 1. The van der Waals surface area contributed by atoms with Crippen molar-refractivity contribution in [2.45, 2.75) is 13.8 Å². The maximum absolute atomic E-state index is 11.2. The summed E-state index contributed by atoms with van der Waals surface area (Å²) in [5.41, 5.74) is 3.95. The van der Waals surface area contributed by atoms with Gasteiger partial charge in [0.05, 0.1) is 11.5 Å². The van der Waals surface area contributed by atoms with E-state index in [-0.39, 0.29) is 107 Å². The van der Waals surface area contributed by atoms with Gasteiger partial charge in [-0.25, -0.2) is 4.98 Å². The molecule has 4 nitrogen and oxygen atoms in total. The van der Waals surface area contributed by atoms with Crippen LogP contribution in [0.1, 0.15) is 21.5 Å². The molecule has 0 aliphatic carbocycles. The van der Waals surface area contributed by atoms with Crippen LogP contribution in [-0.2, 0) is 0 Å². The molecule has 2 N–H and O–H groups in total. The fourth-order valence-electron chi connectivity index (χ4n) is 2.15. The highest BCUT2D eigenvalue weighted by Gasteiger charge is 2.19. The Kier molecular flexibility index (Phi) is 15.1. The number of aryl methyl sites for hydroxylation is 2. The van der Waals surface area contributed by atoms with Gasteiger partial charge in [-0.2, -0.15) is 0 Å². The summed E-state index contributed by atoms with van der Waals surface area (Å²) in [6.45, 7) is 3.94. The van der Waals surface area contributed by atoms with E-state index in [4.69, 9.17) is 0 Å². The Hall–Kier alpha value is 0.810. The molecule has 24 heavy (non-hydrogen) atoms. The quantitative estimate of drug-likeness (QED) is 0.139. The largest absolute Gasteiger partial charge is 0.545 e. The number of aromatic nitrogens is 1. The van der Waals surface area contributed by atoms with Gasteiger partial charge in [-0.15, -0.1) is 0 Å². The lowest BCUT2D eigenvalue weighted by atomic mass is 10.1. The molecule has 0 bridgehead atoms. The second-order valence-electron chi connectivity index (χ2n) is 4.53. The van der Waals surface area contributed by atoms with Gasteiger partial charge in [0.25, 0.3) is 9.40 Å². The van der Waals surface area contributed by atoms with Gasteiger partial charge in [-0.1, -0.05) is 18.2 Å². The first kappa shape index (κ1) is 29.6. The normalized spacial score (nSPS) is 8.75. The monoisotopic (exact) mass is 803 g/mol. The third-order valence-electron chi connectivity index (χ3n) is 3.19. The minimum Gasteiger partial charge on any atom is -0.545 e. The topological polar surface area (TPSA) is 84.5 Å². The van der Waals surface area contributed by atoms with Gasteiger partial charge in [0, 0.05) is 6.07 Å². The molecule has 0 aliphatic heterocycles. The number of carboxylic acid groups (broad SMARTS) is 1. The lowest BCUT2D eigenvalue weighted by Gasteiger charge is -2.04. The van der Waals surface area contributed by atoms with Crippen LogP contribution < -0.4 is 101 Å². The maximum Gasteiger partial charge on any atom is 0.266 e. The number of hydrogen-bond donors (Lipinski definition) is 0. The van der Waals surface area contributed by atoms with Crippen LogP contribution in [-0.4, -0.2) is 16.4 Å². The average Bonchev–Trinajstić information content (AvgIpc) is 2.38. The molecular weight excluding hydrogens is 782 g/mol. The first-order valence-electron chi connectivity index (χ1n) is 5.92. The number of aromatic carboxylic acids is 1. The summed E-state index contributed by atoms with van der Waals surface area (Å²) in [6.07, 6.45) is 0. The van der Waals surface area contributed by atoms with Gasteiger partial charge in [0.2, 0.25) is 107 Å². The second kappa shape index (κ2) is 12.2. The lowest BCUT2D eigenvalue weighted by molar-refractivity contribution is -0.254. The van der Waals surface area contributed by atoms with Crippen molar-refractivity contribution >= 4 is 37.7 Å². The Morgan fingerprint density at radius 2 is 1.54 bits per heavy atom. The second-order valence-corrected chi connectivity index (χ2v) is 5.58. The number of fused-ring (bicyclic) bond motifs is 2. The zero-order valence-corrected chi connectivity index (χ0v) is 23.9. The van der Waals surface area contributed by atoms with Crippen molar-refractivity contribution in [2.24, 2.45) is 0 Å². The molecule has 0 spiro atoms. The number of carbonyl (C=O) groups excluding carboxylic acids is 1. The molecule has 3 rings (SSSR count). The molecule has 1 heterocycles. The van der Waals surface area contributed by atoms with Gasteiger partial charge in [0.15, 0.2) is 0 Å². The Morgan fingerprint density at radius 1 is 0.958 bits per heavy atom. The Morgan fingerprint density at radius 3 is 2.12 bits per heavy atom. The molecule has 9 heteroatoms. The van der Waals surface area contributed by atoms with E-state index in [1.165, 1.54) is 11.3 Å². The molecule has 1 aromatic heterocycles. The molecule has 134 valence electrons. The number of para-hydroxylation sites is 1. The zero-order valence-electron chi connectivity index (χ0n) is 12.8. The van der Waals surface area contributed by atoms with Gasteiger partial charge in [0.1, 0.15) is 11.0 Å². The molecule has 0 saturated heterocycles. The van der Waals surface area contributed by atoms with E-state index in [0.717, 1.165) is 26.9 Å². The Balaban J connectivity index is -0.000000882. The standard InChI is InChI=1S/C15H11NO2S.4H2I.H2O/c1-8-4-3-5-11-12(8)16-13-9(2)6-7-10(15(17)18)14(13)19-11;;;;;/h3-7H,1-2H3;5*1H2/q;4*+1;. The first-order chi connectivity index (χ1) is 9.08. The maximum atomic E-state index is 11.2. The van der Waals surface area contributed by atoms with Crippen LogP contribution in [0.15, 0.2) is 30.3 Å². The first-order valence-corrected chi connectivity index (χ1v) is 6.73. The van der Waals surface area contributed by atoms with Crippen molar-refractivity contribution in [3.05, 3.63) is 47.0 Å². The molecule has 3 aromatic rings. The Labute approximate surface area is 212 Å². The van der Waals surface area contributed by atoms with Crippen LogP contribution in [0.4, 0.5) is 0 Å². The highest BCUT2D eigenvalue weighted by atomic mass is 127. The SMILES string of the molecule is Cc1cccc2[s+]c3c(C(=O)[O-])ccc(C)c3nc12.O.[IH2+].[IH2+].[IH2+].[IH2+]. The fraction of sp³-hybridized carbons (Fsp3) is 0.133. The lowest BCUT2D eigenvalue weighted by Crippen LogP contribution is -3.00. The summed E-state index contributed by atoms with van der Waals surface area (Å²) in [6, 6.07) is 9.28. The van der Waals surface area contributed by atoms with Crippen LogP contribution in [0.5, 0.6) is 0 Å². The summed E-state index contributed by atoms with van der Waals surface area (Å²) >= 11 is 1.45. The van der Waals surface area contributed by atoms with Crippen molar-refractivity contribution in [2.75, 3.05) is 0 Å². The van der Waals surface area contributed by atoms with Crippen molar-refractivity contribution < 1.29 is 111 Å². The molecule has 0 aliphatic rings. The molecule has 0 unspecified atom stereocenters. The van der Waals surface area contributed by atoms with Gasteiger partial charge >= 0.3 is 0 Å². The predicted molar refractivity (Wildman–Crippen MR) is 90.1 cm³/mol. The minimum atomic E-state index is -1.16. The highest BCUT2D eigenvalue weighted by Crippen LogP contribution is 2.31. The van der Waals surface area contributed by atoms with Crippen LogP contribution in [0.2, 0.25) is 0 Å². The summed E-state index contributed by atoms with van der Waals surface area (Å²) in [5.74, 6) is -1.16. The third kappa shape index (κ3) is 5.65. The van der Waals surface area contributed by atoms with Gasteiger partial charge in [-0.05, 0) is 31.0 Å². The smallest absolute Gasteiger partial charge is 0.266 e. The number of halogens is 4. The number of nitrogens with zero attached hydrogens (tertiary/aromatic N) is 1. The minimum absolute atomic E-state index is 0. The summed E-state index contributed by atoms with van der Waals surface area (Å²) < 4.78 is 1.67. The highest BCUT2D eigenvalue weighted by molar-refractivity contribution is 7.24. The number of carboxylic acids is 1. The molecule has 0 atom stereocenters. The van der Waals surface area contributed by atoms with E-state index in [0.29, 0.717) is 4.70 Å². The van der Waals surface area contributed by atoms with Gasteiger partial charge < -0.3 is 15.4 Å². The van der Waals surface area contributed by atoms with E-state index in [9.17, 15) is 9.90 Å². The molecule has 0 fully saturated rings. The fourth-order valence-corrected chi connectivity index (χ4v) is 3.39. The molecule has 2 aromatic carbocycles. The number of benzene rings is 2. The summed E-state index contributed by atoms with van der Waals surface area (Å²) in [5, 5.41) is 11.2. The molecule has 0 radical (unpaired) electrons.